The van der Waals surface area contributed by atoms with Crippen LogP contribution in [0.15, 0.2) is 61.4 Å². The van der Waals surface area contributed by atoms with E-state index in [0.717, 1.165) is 22.4 Å². The van der Waals surface area contributed by atoms with Crippen LogP contribution in [-0.2, 0) is 0 Å². The summed E-state index contributed by atoms with van der Waals surface area (Å²) in [6.07, 6.45) is 5.46. The summed E-state index contributed by atoms with van der Waals surface area (Å²) in [6.45, 7) is 3.82. The van der Waals surface area contributed by atoms with E-state index >= 15 is 0 Å². The van der Waals surface area contributed by atoms with Crippen LogP contribution in [0.2, 0.25) is 0 Å². The van der Waals surface area contributed by atoms with Gasteiger partial charge in [0.1, 0.15) is 5.82 Å². The summed E-state index contributed by atoms with van der Waals surface area (Å²) in [5.74, 6) is 0.900. The van der Waals surface area contributed by atoms with Gasteiger partial charge in [-0.05, 0) is 12.1 Å². The quantitative estimate of drug-likeness (QED) is 0.572. The SMILES string of the molecule is C=Cn1ccnc1-c1cccc2c1[nH]c1ccccc12. The van der Waals surface area contributed by atoms with Crippen LogP contribution >= 0.6 is 0 Å². The van der Waals surface area contributed by atoms with Crippen molar-refractivity contribution in [2.45, 2.75) is 0 Å². The van der Waals surface area contributed by atoms with Crippen molar-refractivity contribution in [2.24, 2.45) is 0 Å². The molecule has 2 aromatic heterocycles. The second-order valence-corrected chi connectivity index (χ2v) is 4.74. The second-order valence-electron chi connectivity index (χ2n) is 4.74. The Kier molecular flexibility index (Phi) is 2.27. The molecule has 2 aromatic carbocycles. The molecule has 0 saturated carbocycles. The highest BCUT2D eigenvalue weighted by molar-refractivity contribution is 6.11. The first-order valence-corrected chi connectivity index (χ1v) is 6.53. The fraction of sp³-hybridized carbons (Fsp3) is 0. The first-order valence-electron chi connectivity index (χ1n) is 6.53. The van der Waals surface area contributed by atoms with E-state index in [1.54, 1.807) is 12.4 Å². The van der Waals surface area contributed by atoms with Crippen LogP contribution in [0.1, 0.15) is 0 Å². The maximum Gasteiger partial charge on any atom is 0.146 e. The summed E-state index contributed by atoms with van der Waals surface area (Å²) >= 11 is 0. The molecule has 0 aliphatic heterocycles. The second kappa shape index (κ2) is 4.10. The molecule has 1 N–H and O–H groups in total. The topological polar surface area (TPSA) is 33.6 Å². The number of hydrogen-bond acceptors (Lipinski definition) is 1. The van der Waals surface area contributed by atoms with Crippen molar-refractivity contribution in [2.75, 3.05) is 0 Å². The molecule has 4 aromatic rings. The molecule has 3 nitrogen and oxygen atoms in total. The Morgan fingerprint density at radius 1 is 1.05 bits per heavy atom. The van der Waals surface area contributed by atoms with Gasteiger partial charge in [-0.1, -0.05) is 36.9 Å². The molecule has 20 heavy (non-hydrogen) atoms. The lowest BCUT2D eigenvalue weighted by atomic mass is 10.1. The Labute approximate surface area is 116 Å². The van der Waals surface area contributed by atoms with Crippen molar-refractivity contribution in [3.05, 3.63) is 61.4 Å². The van der Waals surface area contributed by atoms with Gasteiger partial charge in [0.25, 0.3) is 0 Å². The van der Waals surface area contributed by atoms with Crippen molar-refractivity contribution in [3.63, 3.8) is 0 Å². The van der Waals surface area contributed by atoms with Crippen molar-refractivity contribution in [1.82, 2.24) is 14.5 Å². The molecule has 0 radical (unpaired) electrons. The number of rotatable bonds is 2. The van der Waals surface area contributed by atoms with E-state index in [4.69, 9.17) is 0 Å². The van der Waals surface area contributed by atoms with Crippen molar-refractivity contribution in [3.8, 4) is 11.4 Å². The lowest BCUT2D eigenvalue weighted by Gasteiger charge is -2.04. The molecule has 0 bridgehead atoms. The number of imidazole rings is 1. The van der Waals surface area contributed by atoms with Gasteiger partial charge in [0.05, 0.1) is 5.52 Å². The number of para-hydroxylation sites is 2. The van der Waals surface area contributed by atoms with Crippen LogP contribution in [0, 0.1) is 0 Å². The number of aromatic amines is 1. The van der Waals surface area contributed by atoms with E-state index in [2.05, 4.69) is 52.9 Å². The standard InChI is InChI=1S/C17H13N3/c1-2-20-11-10-18-17(20)14-8-5-7-13-12-6-3-4-9-15(12)19-16(13)14/h2-11,19H,1H2. The molecule has 4 rings (SSSR count). The Balaban J connectivity index is 2.12. The summed E-state index contributed by atoms with van der Waals surface area (Å²) in [6, 6.07) is 14.6. The first-order chi connectivity index (χ1) is 9.88. The van der Waals surface area contributed by atoms with E-state index in [0.29, 0.717) is 0 Å². The van der Waals surface area contributed by atoms with Crippen molar-refractivity contribution in [1.29, 1.82) is 0 Å². The van der Waals surface area contributed by atoms with E-state index in [9.17, 15) is 0 Å². The number of fused-ring (bicyclic) bond motifs is 3. The Hall–Kier alpha value is -2.81. The van der Waals surface area contributed by atoms with Crippen LogP contribution in [0.5, 0.6) is 0 Å². The zero-order valence-electron chi connectivity index (χ0n) is 10.9. The smallest absolute Gasteiger partial charge is 0.146 e. The van der Waals surface area contributed by atoms with Gasteiger partial charge >= 0.3 is 0 Å². The molecule has 0 fully saturated rings. The van der Waals surface area contributed by atoms with Gasteiger partial charge in [-0.3, -0.25) is 0 Å². The number of benzene rings is 2. The zero-order valence-corrected chi connectivity index (χ0v) is 10.9. The summed E-state index contributed by atoms with van der Waals surface area (Å²) in [5.41, 5.74) is 3.35. The maximum absolute atomic E-state index is 4.45. The molecular weight excluding hydrogens is 246 g/mol. The molecule has 0 spiro atoms. The van der Waals surface area contributed by atoms with E-state index in [1.165, 1.54) is 10.8 Å². The minimum atomic E-state index is 0.900. The largest absolute Gasteiger partial charge is 0.354 e. The summed E-state index contributed by atoms with van der Waals surface area (Å²) in [5, 5.41) is 2.46. The lowest BCUT2D eigenvalue weighted by molar-refractivity contribution is 1.15. The van der Waals surface area contributed by atoms with E-state index in [-0.39, 0.29) is 0 Å². The van der Waals surface area contributed by atoms with Crippen molar-refractivity contribution >= 4 is 28.0 Å². The third-order valence-corrected chi connectivity index (χ3v) is 3.65. The average Bonchev–Trinajstić information content (AvgIpc) is 3.10. The highest BCUT2D eigenvalue weighted by atomic mass is 15.0. The summed E-state index contributed by atoms with van der Waals surface area (Å²) < 4.78 is 1.93. The van der Waals surface area contributed by atoms with E-state index in [1.807, 2.05) is 16.8 Å². The molecule has 2 heterocycles. The predicted molar refractivity (Wildman–Crippen MR) is 83.4 cm³/mol. The molecule has 3 heteroatoms. The van der Waals surface area contributed by atoms with Gasteiger partial charge in [-0.2, -0.15) is 0 Å². The van der Waals surface area contributed by atoms with Crippen LogP contribution in [0.25, 0.3) is 39.4 Å². The minimum absolute atomic E-state index is 0.900. The Bertz CT molecular complexity index is 928. The maximum atomic E-state index is 4.45. The molecular formula is C17H13N3. The summed E-state index contributed by atoms with van der Waals surface area (Å²) in [4.78, 5) is 7.95. The van der Waals surface area contributed by atoms with Gasteiger partial charge in [0.2, 0.25) is 0 Å². The normalized spacial score (nSPS) is 11.2. The number of aromatic nitrogens is 3. The highest BCUT2D eigenvalue weighted by Gasteiger charge is 2.11. The molecule has 0 atom stereocenters. The Morgan fingerprint density at radius 2 is 1.90 bits per heavy atom. The third kappa shape index (κ3) is 1.43. The summed E-state index contributed by atoms with van der Waals surface area (Å²) in [7, 11) is 0. The van der Waals surface area contributed by atoms with Gasteiger partial charge in [0.15, 0.2) is 0 Å². The predicted octanol–water partition coefficient (Wildman–Crippen LogP) is 4.29. The van der Waals surface area contributed by atoms with Crippen LogP contribution in [0.4, 0.5) is 0 Å². The highest BCUT2D eigenvalue weighted by Crippen LogP contribution is 2.32. The van der Waals surface area contributed by atoms with Gasteiger partial charge < -0.3 is 9.55 Å². The van der Waals surface area contributed by atoms with Crippen molar-refractivity contribution < 1.29 is 0 Å². The van der Waals surface area contributed by atoms with E-state index < -0.39 is 0 Å². The van der Waals surface area contributed by atoms with Gasteiger partial charge in [-0.15, -0.1) is 0 Å². The Morgan fingerprint density at radius 3 is 2.80 bits per heavy atom. The molecule has 0 saturated heterocycles. The van der Waals surface area contributed by atoms with Gasteiger partial charge in [0, 0.05) is 40.4 Å². The fourth-order valence-corrected chi connectivity index (χ4v) is 2.73. The average molecular weight is 259 g/mol. The monoisotopic (exact) mass is 259 g/mol. The molecule has 96 valence electrons. The van der Waals surface area contributed by atoms with Gasteiger partial charge in [-0.25, -0.2) is 4.98 Å². The van der Waals surface area contributed by atoms with Crippen LogP contribution < -0.4 is 0 Å². The molecule has 0 amide bonds. The minimum Gasteiger partial charge on any atom is -0.354 e. The zero-order chi connectivity index (χ0) is 13.5. The van der Waals surface area contributed by atoms with Crippen LogP contribution in [0.3, 0.4) is 0 Å². The number of H-pyrrole nitrogens is 1. The molecule has 0 aliphatic rings. The molecule has 0 unspecified atom stereocenters. The van der Waals surface area contributed by atoms with Crippen LogP contribution in [-0.4, -0.2) is 14.5 Å². The number of nitrogens with one attached hydrogen (secondary N) is 1. The lowest BCUT2D eigenvalue weighted by Crippen LogP contribution is -1.90. The first kappa shape index (κ1) is 11.1. The molecule has 0 aliphatic carbocycles. The number of nitrogens with zero attached hydrogens (tertiary/aromatic N) is 2. The fourth-order valence-electron chi connectivity index (χ4n) is 2.73. The number of hydrogen-bond donors (Lipinski definition) is 1. The third-order valence-electron chi connectivity index (χ3n) is 3.65.